The van der Waals surface area contributed by atoms with Crippen molar-refractivity contribution >= 4 is 11.9 Å². The van der Waals surface area contributed by atoms with Crippen LogP contribution in [0.1, 0.15) is 30.9 Å². The Morgan fingerprint density at radius 2 is 1.28 bits per heavy atom. The summed E-state index contributed by atoms with van der Waals surface area (Å²) in [7, 11) is 4.26. The average Bonchev–Trinajstić information content (AvgIpc) is 2.82. The molecule has 3 rings (SSSR count). The Morgan fingerprint density at radius 1 is 0.781 bits per heavy atom. The van der Waals surface area contributed by atoms with Crippen LogP contribution in [-0.2, 0) is 25.7 Å². The predicted octanol–water partition coefficient (Wildman–Crippen LogP) is 3.86. The van der Waals surface area contributed by atoms with Crippen molar-refractivity contribution in [2.45, 2.75) is 26.4 Å². The summed E-state index contributed by atoms with van der Waals surface area (Å²) in [6.07, 6.45) is 0. The molecule has 1 aliphatic heterocycles. The maximum absolute atomic E-state index is 12.6. The minimum absolute atomic E-state index is 0.366. The van der Waals surface area contributed by atoms with Gasteiger partial charge in [-0.1, -0.05) is 24.3 Å². The van der Waals surface area contributed by atoms with Gasteiger partial charge in [0.25, 0.3) is 0 Å². The van der Waals surface area contributed by atoms with E-state index in [1.54, 1.807) is 21.0 Å². The lowest BCUT2D eigenvalue weighted by Gasteiger charge is -2.30. The molecule has 0 atom stereocenters. The maximum Gasteiger partial charge on any atom is 0.336 e. The highest BCUT2D eigenvalue weighted by Crippen LogP contribution is 2.39. The summed E-state index contributed by atoms with van der Waals surface area (Å²) in [6.45, 7) is 3.96. The van der Waals surface area contributed by atoms with E-state index in [1.165, 1.54) is 14.2 Å². The van der Waals surface area contributed by atoms with E-state index in [4.69, 9.17) is 18.9 Å². The van der Waals surface area contributed by atoms with E-state index >= 15 is 0 Å². The lowest BCUT2D eigenvalue weighted by atomic mass is 9.80. The summed E-state index contributed by atoms with van der Waals surface area (Å²) >= 11 is 0. The van der Waals surface area contributed by atoms with Gasteiger partial charge in [-0.05, 0) is 49.2 Å². The number of carbonyl (C=O) groups excluding carboxylic acids is 2. The number of benzene rings is 2. The average molecular weight is 437 g/mol. The van der Waals surface area contributed by atoms with Crippen LogP contribution in [0.3, 0.4) is 0 Å². The number of methoxy groups -OCH3 is 3. The Balaban J connectivity index is 1.87. The van der Waals surface area contributed by atoms with Crippen LogP contribution in [0.4, 0.5) is 0 Å². The molecule has 0 spiro atoms. The quantitative estimate of drug-likeness (QED) is 0.659. The van der Waals surface area contributed by atoms with Crippen LogP contribution < -0.4 is 14.8 Å². The molecule has 0 fully saturated rings. The van der Waals surface area contributed by atoms with Gasteiger partial charge < -0.3 is 24.3 Å². The van der Waals surface area contributed by atoms with Crippen molar-refractivity contribution in [1.29, 1.82) is 0 Å². The molecule has 0 aromatic heterocycles. The van der Waals surface area contributed by atoms with Crippen molar-refractivity contribution in [2.24, 2.45) is 0 Å². The van der Waals surface area contributed by atoms with Crippen LogP contribution in [0.15, 0.2) is 71.1 Å². The monoisotopic (exact) mass is 437 g/mol. The van der Waals surface area contributed by atoms with Gasteiger partial charge in [0.1, 0.15) is 18.1 Å². The van der Waals surface area contributed by atoms with E-state index in [0.29, 0.717) is 34.9 Å². The minimum atomic E-state index is -0.619. The normalized spacial score (nSPS) is 14.0. The molecule has 0 bridgehead atoms. The fourth-order valence-electron chi connectivity index (χ4n) is 3.73. The zero-order valence-electron chi connectivity index (χ0n) is 18.9. The Kier molecular flexibility index (Phi) is 7.20. The summed E-state index contributed by atoms with van der Waals surface area (Å²) in [4.78, 5) is 25.1. The number of hydrogen-bond donors (Lipinski definition) is 1. The van der Waals surface area contributed by atoms with E-state index in [2.05, 4.69) is 5.32 Å². The SMILES string of the molecule is COC(=O)C1=C(C)NC(C)=C(C(=O)OC)C1c1ccc(OCc2ccc(OC)cc2)cc1. The molecule has 32 heavy (non-hydrogen) atoms. The van der Waals surface area contributed by atoms with Gasteiger partial charge in [0.2, 0.25) is 0 Å². The summed E-state index contributed by atoms with van der Waals surface area (Å²) in [5.74, 6) is -0.178. The third-order valence-corrected chi connectivity index (χ3v) is 5.35. The van der Waals surface area contributed by atoms with Crippen LogP contribution in [0.25, 0.3) is 0 Å². The molecule has 168 valence electrons. The smallest absolute Gasteiger partial charge is 0.336 e. The molecule has 0 amide bonds. The van der Waals surface area contributed by atoms with E-state index in [-0.39, 0.29) is 0 Å². The van der Waals surface area contributed by atoms with Crippen molar-refractivity contribution in [2.75, 3.05) is 21.3 Å². The molecule has 2 aromatic rings. The highest BCUT2D eigenvalue weighted by molar-refractivity contribution is 5.99. The van der Waals surface area contributed by atoms with Gasteiger partial charge in [0.05, 0.1) is 38.4 Å². The predicted molar refractivity (Wildman–Crippen MR) is 119 cm³/mol. The van der Waals surface area contributed by atoms with Crippen LogP contribution in [0.5, 0.6) is 11.5 Å². The highest BCUT2D eigenvalue weighted by Gasteiger charge is 2.37. The minimum Gasteiger partial charge on any atom is -0.497 e. The first-order chi connectivity index (χ1) is 15.4. The van der Waals surface area contributed by atoms with Gasteiger partial charge in [0, 0.05) is 11.4 Å². The first kappa shape index (κ1) is 22.9. The van der Waals surface area contributed by atoms with Crippen molar-refractivity contribution in [3.8, 4) is 11.5 Å². The molecule has 0 unspecified atom stereocenters. The second-order valence-electron chi connectivity index (χ2n) is 7.32. The molecule has 1 aliphatic rings. The van der Waals surface area contributed by atoms with Gasteiger partial charge >= 0.3 is 11.9 Å². The maximum atomic E-state index is 12.6. The first-order valence-electron chi connectivity index (χ1n) is 10.1. The lowest BCUT2D eigenvalue weighted by molar-refractivity contribution is -0.137. The molecule has 0 saturated heterocycles. The Labute approximate surface area is 187 Å². The molecule has 0 aliphatic carbocycles. The molecule has 7 heteroatoms. The number of hydrogen-bond acceptors (Lipinski definition) is 7. The van der Waals surface area contributed by atoms with Gasteiger partial charge in [-0.2, -0.15) is 0 Å². The summed E-state index contributed by atoms with van der Waals surface area (Å²) < 4.78 is 21.0. The number of rotatable bonds is 7. The van der Waals surface area contributed by atoms with Crippen LogP contribution in [0.2, 0.25) is 0 Å². The molecule has 7 nitrogen and oxygen atoms in total. The zero-order valence-corrected chi connectivity index (χ0v) is 18.9. The summed E-state index contributed by atoms with van der Waals surface area (Å²) in [5.41, 5.74) is 3.75. The van der Waals surface area contributed by atoms with Gasteiger partial charge in [-0.15, -0.1) is 0 Å². The number of esters is 2. The lowest BCUT2D eigenvalue weighted by Crippen LogP contribution is -2.32. The molecular formula is C25H27NO6. The fourth-order valence-corrected chi connectivity index (χ4v) is 3.73. The number of carbonyl (C=O) groups is 2. The molecular weight excluding hydrogens is 410 g/mol. The largest absolute Gasteiger partial charge is 0.497 e. The van der Waals surface area contributed by atoms with Crippen LogP contribution in [0, 0.1) is 0 Å². The molecule has 2 aromatic carbocycles. The standard InChI is InChI=1S/C25H27NO6/c1-15-21(24(27)30-4)23(22(16(2)26-15)25(28)31-5)18-8-12-20(13-9-18)32-14-17-6-10-19(29-3)11-7-17/h6-13,23,26H,14H2,1-5H3. The third-order valence-electron chi connectivity index (χ3n) is 5.35. The number of dihydropyridines is 1. The highest BCUT2D eigenvalue weighted by atomic mass is 16.5. The molecule has 1 N–H and O–H groups in total. The van der Waals surface area contributed by atoms with Gasteiger partial charge in [-0.25, -0.2) is 9.59 Å². The number of ether oxygens (including phenoxy) is 4. The number of allylic oxidation sites excluding steroid dienone is 2. The second-order valence-corrected chi connectivity index (χ2v) is 7.32. The number of nitrogens with one attached hydrogen (secondary N) is 1. The third kappa shape index (κ3) is 4.77. The summed E-state index contributed by atoms with van der Waals surface area (Å²) in [6, 6.07) is 14.9. The second kappa shape index (κ2) is 10.0. The summed E-state index contributed by atoms with van der Waals surface area (Å²) in [5, 5.41) is 3.09. The molecule has 1 heterocycles. The van der Waals surface area contributed by atoms with Gasteiger partial charge in [0.15, 0.2) is 0 Å². The van der Waals surface area contributed by atoms with Crippen molar-refractivity contribution < 1.29 is 28.5 Å². The topological polar surface area (TPSA) is 83.1 Å². The van der Waals surface area contributed by atoms with Crippen LogP contribution >= 0.6 is 0 Å². The van der Waals surface area contributed by atoms with Crippen molar-refractivity contribution in [1.82, 2.24) is 5.32 Å². The van der Waals surface area contributed by atoms with Crippen molar-refractivity contribution in [3.05, 3.63) is 82.2 Å². The Morgan fingerprint density at radius 3 is 1.75 bits per heavy atom. The van der Waals surface area contributed by atoms with E-state index in [9.17, 15) is 9.59 Å². The fraction of sp³-hybridized carbons (Fsp3) is 0.280. The van der Waals surface area contributed by atoms with E-state index in [1.807, 2.05) is 48.5 Å². The van der Waals surface area contributed by atoms with E-state index < -0.39 is 17.9 Å². The van der Waals surface area contributed by atoms with Crippen LogP contribution in [-0.4, -0.2) is 33.3 Å². The van der Waals surface area contributed by atoms with Gasteiger partial charge in [-0.3, -0.25) is 0 Å². The molecule has 0 saturated carbocycles. The first-order valence-corrected chi connectivity index (χ1v) is 10.1. The molecule has 0 radical (unpaired) electrons. The zero-order chi connectivity index (χ0) is 23.3. The Bertz CT molecular complexity index is 1010. The van der Waals surface area contributed by atoms with Crippen molar-refractivity contribution in [3.63, 3.8) is 0 Å². The Hall–Kier alpha value is -3.74. The van der Waals surface area contributed by atoms with E-state index in [0.717, 1.165) is 16.9 Å².